The Kier molecular flexibility index (Phi) is 4.51. The molecule has 1 saturated heterocycles. The van der Waals surface area contributed by atoms with E-state index in [0.717, 1.165) is 11.8 Å². The number of nitrogens with zero attached hydrogens (tertiary/aromatic N) is 1. The van der Waals surface area contributed by atoms with Gasteiger partial charge < -0.3 is 9.84 Å². The third kappa shape index (κ3) is 3.04. The topological polar surface area (TPSA) is 66.8 Å². The Hall–Kier alpha value is -1.34. The molecule has 23 heavy (non-hydrogen) atoms. The average molecular weight is 354 g/mol. The van der Waals surface area contributed by atoms with Crippen molar-refractivity contribution in [3.8, 4) is 0 Å². The number of piperidine rings is 1. The first kappa shape index (κ1) is 16.5. The number of ether oxygens (including phenoxy) is 1. The molecule has 3 rings (SSSR count). The lowest BCUT2D eigenvalue weighted by molar-refractivity contribution is -0.147. The van der Waals surface area contributed by atoms with Gasteiger partial charge in [0.15, 0.2) is 0 Å². The number of benzene rings is 1. The first-order valence-electron chi connectivity index (χ1n) is 7.17. The van der Waals surface area contributed by atoms with E-state index in [4.69, 9.17) is 16.3 Å². The number of aliphatic hydroxyl groups is 1. The van der Waals surface area contributed by atoms with E-state index in [2.05, 4.69) is 0 Å². The molecule has 0 aliphatic carbocycles. The third-order valence-corrected chi connectivity index (χ3v) is 5.63. The zero-order valence-electron chi connectivity index (χ0n) is 12.5. The van der Waals surface area contributed by atoms with Gasteiger partial charge in [-0.25, -0.2) is 4.79 Å². The van der Waals surface area contributed by atoms with Crippen LogP contribution >= 0.6 is 23.4 Å². The predicted molar refractivity (Wildman–Crippen MR) is 88.0 cm³/mol. The van der Waals surface area contributed by atoms with Gasteiger partial charge in [-0.05, 0) is 35.0 Å². The number of likely N-dealkylation sites (tertiary alicyclic amines) is 1. The Morgan fingerprint density at radius 3 is 2.91 bits per heavy atom. The smallest absolute Gasteiger partial charge is 0.327 e. The summed E-state index contributed by atoms with van der Waals surface area (Å²) in [5, 5.41) is 10.8. The molecule has 2 heterocycles. The van der Waals surface area contributed by atoms with Gasteiger partial charge in [0, 0.05) is 24.5 Å². The summed E-state index contributed by atoms with van der Waals surface area (Å²) in [6.07, 6.45) is 1.82. The normalized spacial score (nSPS) is 25.7. The number of fused-ring (bicyclic) bond motifs is 1. The van der Waals surface area contributed by atoms with Gasteiger partial charge in [0.1, 0.15) is 11.0 Å². The third-order valence-electron chi connectivity index (χ3n) is 4.16. The van der Waals surface area contributed by atoms with Gasteiger partial charge in [-0.2, -0.15) is 0 Å². The SMILES string of the molecule is COC(=O)[C@H](c1ccccc1Cl)N1CCC2(O)SC(=O)C=C2C1. The van der Waals surface area contributed by atoms with Gasteiger partial charge in [0.05, 0.1) is 7.11 Å². The van der Waals surface area contributed by atoms with Crippen molar-refractivity contribution in [3.63, 3.8) is 0 Å². The van der Waals surface area contributed by atoms with Crippen molar-refractivity contribution >= 4 is 34.4 Å². The fraction of sp³-hybridized carbons (Fsp3) is 0.375. The Morgan fingerprint density at radius 1 is 1.48 bits per heavy atom. The van der Waals surface area contributed by atoms with E-state index in [9.17, 15) is 14.7 Å². The lowest BCUT2D eigenvalue weighted by atomic mass is 9.96. The van der Waals surface area contributed by atoms with Crippen LogP contribution < -0.4 is 0 Å². The minimum absolute atomic E-state index is 0.156. The Morgan fingerprint density at radius 2 is 2.22 bits per heavy atom. The Balaban J connectivity index is 1.93. The van der Waals surface area contributed by atoms with Crippen LogP contribution in [0.15, 0.2) is 35.9 Å². The summed E-state index contributed by atoms with van der Waals surface area (Å²) in [4.78, 5) is 24.7. The van der Waals surface area contributed by atoms with Crippen LogP contribution in [0.5, 0.6) is 0 Å². The van der Waals surface area contributed by atoms with Gasteiger partial charge in [0.2, 0.25) is 5.12 Å². The Bertz CT molecular complexity index is 692. The van der Waals surface area contributed by atoms with Crippen molar-refractivity contribution in [3.05, 3.63) is 46.5 Å². The highest BCUT2D eigenvalue weighted by Gasteiger charge is 2.46. The first-order valence-corrected chi connectivity index (χ1v) is 8.37. The molecule has 1 unspecified atom stereocenters. The van der Waals surface area contributed by atoms with Crippen LogP contribution in [0.4, 0.5) is 0 Å². The maximum Gasteiger partial charge on any atom is 0.327 e. The number of halogens is 1. The molecule has 7 heteroatoms. The van der Waals surface area contributed by atoms with Crippen LogP contribution in [0.1, 0.15) is 18.0 Å². The number of rotatable bonds is 3. The van der Waals surface area contributed by atoms with E-state index < -0.39 is 16.9 Å². The lowest BCUT2D eigenvalue weighted by Gasteiger charge is -2.39. The van der Waals surface area contributed by atoms with E-state index in [1.165, 1.54) is 13.2 Å². The number of thioether (sulfide) groups is 1. The van der Waals surface area contributed by atoms with Gasteiger partial charge in [0.25, 0.3) is 0 Å². The molecule has 2 aliphatic heterocycles. The molecule has 122 valence electrons. The molecular formula is C16H16ClNO4S. The number of carbonyl (C=O) groups is 2. The quantitative estimate of drug-likeness (QED) is 0.840. The minimum Gasteiger partial charge on any atom is -0.468 e. The zero-order valence-corrected chi connectivity index (χ0v) is 14.1. The molecule has 0 bridgehead atoms. The van der Waals surface area contributed by atoms with Gasteiger partial charge in [-0.15, -0.1) is 0 Å². The Labute approximate surface area is 143 Å². The highest BCUT2D eigenvalue weighted by Crippen LogP contribution is 2.45. The molecule has 0 saturated carbocycles. The van der Waals surface area contributed by atoms with Gasteiger partial charge >= 0.3 is 5.97 Å². The second kappa shape index (κ2) is 6.28. The number of methoxy groups -OCH3 is 1. The van der Waals surface area contributed by atoms with E-state index in [-0.39, 0.29) is 5.12 Å². The van der Waals surface area contributed by atoms with Crippen molar-refractivity contribution in [2.24, 2.45) is 0 Å². The summed E-state index contributed by atoms with van der Waals surface area (Å²) in [7, 11) is 1.33. The van der Waals surface area contributed by atoms with Crippen molar-refractivity contribution < 1.29 is 19.4 Å². The largest absolute Gasteiger partial charge is 0.468 e. The molecule has 2 atom stereocenters. The van der Waals surface area contributed by atoms with Crippen molar-refractivity contribution in [2.45, 2.75) is 17.4 Å². The molecule has 1 aromatic rings. The summed E-state index contributed by atoms with van der Waals surface area (Å²) in [5.74, 6) is -0.416. The highest BCUT2D eigenvalue weighted by atomic mass is 35.5. The maximum atomic E-state index is 12.3. The van der Waals surface area contributed by atoms with Crippen molar-refractivity contribution in [1.82, 2.24) is 4.90 Å². The van der Waals surface area contributed by atoms with Crippen LogP contribution in [0, 0.1) is 0 Å². The average Bonchev–Trinajstić information content (AvgIpc) is 2.82. The summed E-state index contributed by atoms with van der Waals surface area (Å²) in [5.41, 5.74) is 1.28. The van der Waals surface area contributed by atoms with Crippen molar-refractivity contribution in [1.29, 1.82) is 0 Å². The molecule has 1 fully saturated rings. The fourth-order valence-corrected chi connectivity index (χ4v) is 4.21. The number of carbonyl (C=O) groups excluding carboxylic acids is 2. The van der Waals surface area contributed by atoms with E-state index in [1.54, 1.807) is 18.2 Å². The van der Waals surface area contributed by atoms with Crippen LogP contribution in [0.25, 0.3) is 0 Å². The first-order chi connectivity index (χ1) is 10.9. The number of hydrogen-bond acceptors (Lipinski definition) is 6. The molecule has 0 spiro atoms. The van der Waals surface area contributed by atoms with E-state index in [0.29, 0.717) is 35.7 Å². The molecule has 2 aliphatic rings. The van der Waals surface area contributed by atoms with Gasteiger partial charge in [-0.3, -0.25) is 9.69 Å². The lowest BCUT2D eigenvalue weighted by Crippen LogP contribution is -2.46. The summed E-state index contributed by atoms with van der Waals surface area (Å²) in [6.45, 7) is 0.777. The van der Waals surface area contributed by atoms with Gasteiger partial charge in [-0.1, -0.05) is 29.8 Å². The zero-order chi connectivity index (χ0) is 16.6. The number of esters is 1. The molecule has 1 N–H and O–H groups in total. The predicted octanol–water partition coefficient (Wildman–Crippen LogP) is 2.15. The molecule has 0 amide bonds. The standard InChI is InChI=1S/C16H16ClNO4S/c1-22-15(20)14(11-4-2-3-5-12(11)17)18-7-6-16(21)10(9-18)8-13(19)23-16/h2-5,8,14,21H,6-7,9H2,1H3/t14-,16?/m0/s1. The van der Waals surface area contributed by atoms with Crippen LogP contribution in [-0.4, -0.2) is 46.2 Å². The summed E-state index contributed by atoms with van der Waals surface area (Å²) >= 11 is 7.18. The molecule has 1 aromatic carbocycles. The minimum atomic E-state index is -1.14. The summed E-state index contributed by atoms with van der Waals surface area (Å²) in [6, 6.07) is 6.45. The monoisotopic (exact) mass is 353 g/mol. The molecule has 0 aromatic heterocycles. The van der Waals surface area contributed by atoms with Crippen LogP contribution in [-0.2, 0) is 14.3 Å². The number of hydrogen-bond donors (Lipinski definition) is 1. The second-order valence-electron chi connectivity index (χ2n) is 5.54. The molecule has 5 nitrogen and oxygen atoms in total. The van der Waals surface area contributed by atoms with E-state index >= 15 is 0 Å². The van der Waals surface area contributed by atoms with Crippen LogP contribution in [0.2, 0.25) is 5.02 Å². The molecular weight excluding hydrogens is 338 g/mol. The van der Waals surface area contributed by atoms with E-state index in [1.807, 2.05) is 11.0 Å². The van der Waals surface area contributed by atoms with Crippen molar-refractivity contribution in [2.75, 3.05) is 20.2 Å². The molecule has 0 radical (unpaired) electrons. The highest BCUT2D eigenvalue weighted by molar-refractivity contribution is 8.15. The summed E-state index contributed by atoms with van der Waals surface area (Å²) < 4.78 is 4.94. The fourth-order valence-electron chi connectivity index (χ4n) is 2.99. The van der Waals surface area contributed by atoms with Crippen LogP contribution in [0.3, 0.4) is 0 Å². The maximum absolute atomic E-state index is 12.3. The second-order valence-corrected chi connectivity index (χ2v) is 7.23.